The third kappa shape index (κ3) is 2.79. The van der Waals surface area contributed by atoms with Gasteiger partial charge in [-0.2, -0.15) is 0 Å². The summed E-state index contributed by atoms with van der Waals surface area (Å²) in [5.41, 5.74) is 4.10. The number of fused-ring (bicyclic) bond motifs is 3. The normalized spacial score (nSPS) is 24.6. The quantitative estimate of drug-likeness (QED) is 0.847. The van der Waals surface area contributed by atoms with E-state index in [1.807, 2.05) is 0 Å². The Morgan fingerprint density at radius 1 is 1.17 bits per heavy atom. The highest BCUT2D eigenvalue weighted by molar-refractivity contribution is 5.86. The lowest BCUT2D eigenvalue weighted by atomic mass is 9.89. The van der Waals surface area contributed by atoms with Crippen molar-refractivity contribution in [1.82, 2.24) is 9.47 Å². The number of hydrogen-bond donors (Lipinski definition) is 0. The number of halogens is 1. The second kappa shape index (κ2) is 6.46. The second-order valence-electron chi connectivity index (χ2n) is 7.03. The molecule has 4 heteroatoms. The third-order valence-electron chi connectivity index (χ3n) is 5.59. The number of aryl methyl sites for hydroxylation is 1. The van der Waals surface area contributed by atoms with Crippen LogP contribution in [0.5, 0.6) is 0 Å². The molecule has 0 saturated carbocycles. The smallest absolute Gasteiger partial charge is 0.107 e. The Labute approximate surface area is 145 Å². The molecular formula is C19H27ClN2O. The molecule has 126 valence electrons. The van der Waals surface area contributed by atoms with Crippen molar-refractivity contribution in [3.05, 3.63) is 35.5 Å². The van der Waals surface area contributed by atoms with E-state index in [-0.39, 0.29) is 18.0 Å². The van der Waals surface area contributed by atoms with Gasteiger partial charge in [0, 0.05) is 24.5 Å². The molecule has 3 nitrogen and oxygen atoms in total. The molecule has 2 aromatic rings. The molecule has 2 aliphatic heterocycles. The van der Waals surface area contributed by atoms with Gasteiger partial charge >= 0.3 is 0 Å². The van der Waals surface area contributed by atoms with Gasteiger partial charge < -0.3 is 14.2 Å². The summed E-state index contributed by atoms with van der Waals surface area (Å²) in [5, 5.41) is 1.41. The number of benzene rings is 1. The van der Waals surface area contributed by atoms with Crippen LogP contribution in [0.4, 0.5) is 0 Å². The number of ether oxygens (including phenoxy) is 1. The molecule has 0 N–H and O–H groups in total. The highest BCUT2D eigenvalue weighted by atomic mass is 35.5. The van der Waals surface area contributed by atoms with Crippen molar-refractivity contribution in [2.24, 2.45) is 7.05 Å². The number of aromatic nitrogens is 1. The second-order valence-corrected chi connectivity index (χ2v) is 7.03. The Bertz CT molecular complexity index is 690. The number of likely N-dealkylation sites (tertiary alicyclic amines) is 1. The molecule has 4 rings (SSSR count). The van der Waals surface area contributed by atoms with Crippen molar-refractivity contribution in [2.45, 2.75) is 38.2 Å². The molecule has 0 radical (unpaired) electrons. The van der Waals surface area contributed by atoms with Crippen LogP contribution in [0.25, 0.3) is 10.9 Å². The largest absolute Gasteiger partial charge is 0.369 e. The average molecular weight is 335 g/mol. The Kier molecular flexibility index (Phi) is 4.73. The lowest BCUT2D eigenvalue weighted by molar-refractivity contribution is -0.0609. The number of hydrogen-bond acceptors (Lipinski definition) is 2. The van der Waals surface area contributed by atoms with Crippen molar-refractivity contribution in [1.29, 1.82) is 0 Å². The summed E-state index contributed by atoms with van der Waals surface area (Å²) in [6.45, 7) is 6.81. The summed E-state index contributed by atoms with van der Waals surface area (Å²) in [6.07, 6.45) is 4.84. The van der Waals surface area contributed by atoms with Gasteiger partial charge in [-0.25, -0.2) is 0 Å². The fourth-order valence-corrected chi connectivity index (χ4v) is 4.41. The highest BCUT2D eigenvalue weighted by Crippen LogP contribution is 2.40. The van der Waals surface area contributed by atoms with E-state index in [1.54, 1.807) is 0 Å². The fraction of sp³-hybridized carbons (Fsp3) is 0.579. The zero-order valence-corrected chi connectivity index (χ0v) is 15.0. The van der Waals surface area contributed by atoms with Crippen LogP contribution in [0.2, 0.25) is 0 Å². The Balaban J connectivity index is 0.00000156. The molecule has 1 aromatic heterocycles. The van der Waals surface area contributed by atoms with Crippen LogP contribution >= 0.6 is 12.4 Å². The molecule has 0 spiro atoms. The summed E-state index contributed by atoms with van der Waals surface area (Å²) in [7, 11) is 2.20. The molecule has 1 aromatic carbocycles. The fourth-order valence-electron chi connectivity index (χ4n) is 4.41. The first kappa shape index (κ1) is 16.8. The van der Waals surface area contributed by atoms with Crippen LogP contribution in [0.15, 0.2) is 24.3 Å². The maximum Gasteiger partial charge on any atom is 0.107 e. The van der Waals surface area contributed by atoms with Crippen molar-refractivity contribution in [3.8, 4) is 0 Å². The van der Waals surface area contributed by atoms with E-state index in [1.165, 1.54) is 48.1 Å². The van der Waals surface area contributed by atoms with E-state index >= 15 is 0 Å². The minimum Gasteiger partial charge on any atom is -0.369 e. The Hall–Kier alpha value is -1.03. The minimum atomic E-state index is -0.149. The predicted molar refractivity (Wildman–Crippen MR) is 97.5 cm³/mol. The first-order chi connectivity index (χ1) is 10.7. The summed E-state index contributed by atoms with van der Waals surface area (Å²) in [6, 6.07) is 8.78. The molecule has 0 amide bonds. The average Bonchev–Trinajstić information content (AvgIpc) is 3.14. The van der Waals surface area contributed by atoms with Crippen molar-refractivity contribution in [3.63, 3.8) is 0 Å². The summed E-state index contributed by atoms with van der Waals surface area (Å²) < 4.78 is 8.68. The van der Waals surface area contributed by atoms with Gasteiger partial charge in [-0.15, -0.1) is 12.4 Å². The minimum absolute atomic E-state index is 0. The van der Waals surface area contributed by atoms with E-state index in [0.29, 0.717) is 0 Å². The number of rotatable bonds is 3. The van der Waals surface area contributed by atoms with Crippen molar-refractivity contribution >= 4 is 23.3 Å². The topological polar surface area (TPSA) is 17.4 Å². The van der Waals surface area contributed by atoms with Gasteiger partial charge in [-0.3, -0.25) is 0 Å². The molecule has 2 aliphatic rings. The molecular weight excluding hydrogens is 308 g/mol. The molecule has 1 atom stereocenters. The standard InChI is InChI=1S/C19H26N2O.ClH/c1-19(10-13-21-11-5-6-12-21)18-16(9-14-22-19)15-7-3-4-8-17(15)20(18)2;/h3-4,7-8H,5-6,9-14H2,1-2H3;1H. The van der Waals surface area contributed by atoms with Crippen molar-refractivity contribution < 1.29 is 4.74 Å². The van der Waals surface area contributed by atoms with Gasteiger partial charge in [0.25, 0.3) is 0 Å². The first-order valence-corrected chi connectivity index (χ1v) is 8.62. The molecule has 1 saturated heterocycles. The zero-order chi connectivity index (χ0) is 15.2. The van der Waals surface area contributed by atoms with Gasteiger partial charge in [-0.05, 0) is 57.3 Å². The van der Waals surface area contributed by atoms with E-state index in [2.05, 4.69) is 47.7 Å². The number of nitrogens with zero attached hydrogens (tertiary/aromatic N) is 2. The lowest BCUT2D eigenvalue weighted by Crippen LogP contribution is -2.37. The summed E-state index contributed by atoms with van der Waals surface area (Å²) >= 11 is 0. The SMILES string of the molecule is Cl.Cn1c2c(c3ccccc31)CCOC2(C)CCN1CCCC1. The van der Waals surface area contributed by atoms with E-state index in [4.69, 9.17) is 4.74 Å². The molecule has 1 unspecified atom stereocenters. The first-order valence-electron chi connectivity index (χ1n) is 8.62. The van der Waals surface area contributed by atoms with Gasteiger partial charge in [0.15, 0.2) is 0 Å². The van der Waals surface area contributed by atoms with Gasteiger partial charge in [0.2, 0.25) is 0 Å². The van der Waals surface area contributed by atoms with Crippen LogP contribution in [0.1, 0.15) is 37.4 Å². The Morgan fingerprint density at radius 3 is 2.70 bits per heavy atom. The zero-order valence-electron chi connectivity index (χ0n) is 14.2. The van der Waals surface area contributed by atoms with Crippen molar-refractivity contribution in [2.75, 3.05) is 26.2 Å². The van der Waals surface area contributed by atoms with Crippen LogP contribution in [-0.2, 0) is 23.8 Å². The monoisotopic (exact) mass is 334 g/mol. The highest BCUT2D eigenvalue weighted by Gasteiger charge is 2.37. The van der Waals surface area contributed by atoms with Crippen LogP contribution in [0, 0.1) is 0 Å². The number of para-hydroxylation sites is 1. The summed E-state index contributed by atoms with van der Waals surface area (Å²) in [4.78, 5) is 2.59. The molecule has 1 fully saturated rings. The maximum atomic E-state index is 6.31. The lowest BCUT2D eigenvalue weighted by Gasteiger charge is -2.36. The van der Waals surface area contributed by atoms with Gasteiger partial charge in [0.05, 0.1) is 12.3 Å². The van der Waals surface area contributed by atoms with E-state index in [9.17, 15) is 0 Å². The van der Waals surface area contributed by atoms with Crippen LogP contribution in [-0.4, -0.2) is 35.7 Å². The maximum absolute atomic E-state index is 6.31. The third-order valence-corrected chi connectivity index (χ3v) is 5.59. The van der Waals surface area contributed by atoms with Gasteiger partial charge in [-0.1, -0.05) is 18.2 Å². The predicted octanol–water partition coefficient (Wildman–Crippen LogP) is 3.87. The molecule has 3 heterocycles. The molecule has 0 aliphatic carbocycles. The van der Waals surface area contributed by atoms with Crippen LogP contribution in [0.3, 0.4) is 0 Å². The molecule has 23 heavy (non-hydrogen) atoms. The summed E-state index contributed by atoms with van der Waals surface area (Å²) in [5.74, 6) is 0. The van der Waals surface area contributed by atoms with Crippen LogP contribution < -0.4 is 0 Å². The Morgan fingerprint density at radius 2 is 1.91 bits per heavy atom. The van der Waals surface area contributed by atoms with E-state index in [0.717, 1.165) is 26.0 Å². The van der Waals surface area contributed by atoms with E-state index < -0.39 is 0 Å². The molecule has 0 bridgehead atoms. The van der Waals surface area contributed by atoms with Gasteiger partial charge in [0.1, 0.15) is 5.60 Å².